The van der Waals surface area contributed by atoms with Crippen LogP contribution in [-0.4, -0.2) is 29.9 Å². The maximum atomic E-state index is 13.5. The zero-order valence-corrected chi connectivity index (χ0v) is 11.6. The lowest BCUT2D eigenvalue weighted by Crippen LogP contribution is -2.42. The van der Waals surface area contributed by atoms with Gasteiger partial charge in [0.1, 0.15) is 11.6 Å². The molecule has 0 spiro atoms. The van der Waals surface area contributed by atoms with Gasteiger partial charge < -0.3 is 10.6 Å². The molecule has 1 amide bonds. The summed E-state index contributed by atoms with van der Waals surface area (Å²) in [6.45, 7) is 0. The Bertz CT molecular complexity index is 465. The highest BCUT2D eigenvalue weighted by Gasteiger charge is 2.26. The van der Waals surface area contributed by atoms with Crippen molar-refractivity contribution in [1.29, 1.82) is 0 Å². The summed E-state index contributed by atoms with van der Waals surface area (Å²) in [6.07, 6.45) is 3.23. The van der Waals surface area contributed by atoms with Gasteiger partial charge in [-0.3, -0.25) is 4.79 Å². The number of nitrogens with two attached hydrogens (primary N) is 1. The van der Waals surface area contributed by atoms with Crippen LogP contribution in [0.3, 0.4) is 0 Å². The molecule has 0 bridgehead atoms. The smallest absolute Gasteiger partial charge is 0.227 e. The minimum Gasteiger partial charge on any atom is -0.342 e. The fourth-order valence-electron chi connectivity index (χ4n) is 2.67. The molecule has 2 rings (SSSR count). The molecular formula is C15H20F2N2O. The lowest BCUT2D eigenvalue weighted by atomic mass is 9.90. The lowest BCUT2D eigenvalue weighted by molar-refractivity contribution is -0.132. The Morgan fingerprint density at radius 2 is 1.80 bits per heavy atom. The van der Waals surface area contributed by atoms with E-state index in [0.717, 1.165) is 25.7 Å². The van der Waals surface area contributed by atoms with Crippen LogP contribution < -0.4 is 5.73 Å². The SMILES string of the molecule is CN(C(=O)Cc1c(F)cccc1F)C1CCC(N)CC1. The molecule has 5 heteroatoms. The van der Waals surface area contributed by atoms with Crippen LogP contribution in [-0.2, 0) is 11.2 Å². The molecule has 0 aromatic heterocycles. The third-order valence-electron chi connectivity index (χ3n) is 4.07. The Hall–Kier alpha value is -1.49. The van der Waals surface area contributed by atoms with E-state index in [1.807, 2.05) is 0 Å². The standard InChI is InChI=1S/C15H20F2N2O/c1-19(11-7-5-10(18)6-8-11)15(20)9-12-13(16)3-2-4-14(12)17/h2-4,10-11H,5-9,18H2,1H3. The zero-order valence-electron chi connectivity index (χ0n) is 11.6. The highest BCUT2D eigenvalue weighted by atomic mass is 19.1. The predicted octanol–water partition coefficient (Wildman–Crippen LogP) is 2.24. The average Bonchev–Trinajstić information content (AvgIpc) is 2.43. The first-order valence-electron chi connectivity index (χ1n) is 6.93. The fraction of sp³-hybridized carbons (Fsp3) is 0.533. The number of likely N-dealkylation sites (N-methyl/N-ethyl adjacent to an activating group) is 1. The molecular weight excluding hydrogens is 262 g/mol. The van der Waals surface area contributed by atoms with Crippen molar-refractivity contribution in [2.24, 2.45) is 5.73 Å². The molecule has 0 atom stereocenters. The van der Waals surface area contributed by atoms with E-state index in [9.17, 15) is 13.6 Å². The number of nitrogens with zero attached hydrogens (tertiary/aromatic N) is 1. The van der Waals surface area contributed by atoms with Gasteiger partial charge in [0, 0.05) is 24.7 Å². The molecule has 3 nitrogen and oxygen atoms in total. The summed E-state index contributed by atoms with van der Waals surface area (Å²) in [5.41, 5.74) is 5.68. The Balaban J connectivity index is 2.01. The second-order valence-corrected chi connectivity index (χ2v) is 5.45. The van der Waals surface area contributed by atoms with Crippen LogP contribution in [0.4, 0.5) is 8.78 Å². The molecule has 1 aliphatic rings. The summed E-state index contributed by atoms with van der Waals surface area (Å²) in [5.74, 6) is -1.59. The summed E-state index contributed by atoms with van der Waals surface area (Å²) < 4.78 is 27.1. The largest absolute Gasteiger partial charge is 0.342 e. The molecule has 0 aliphatic heterocycles. The van der Waals surface area contributed by atoms with E-state index in [4.69, 9.17) is 5.73 Å². The van der Waals surface area contributed by atoms with E-state index < -0.39 is 11.6 Å². The van der Waals surface area contributed by atoms with Crippen molar-refractivity contribution in [3.05, 3.63) is 35.4 Å². The second kappa shape index (κ2) is 6.31. The number of amides is 1. The molecule has 1 saturated carbocycles. The first-order chi connectivity index (χ1) is 9.49. The Kier molecular flexibility index (Phi) is 4.70. The summed E-state index contributed by atoms with van der Waals surface area (Å²) in [4.78, 5) is 13.8. The molecule has 2 N–H and O–H groups in total. The molecule has 0 saturated heterocycles. The van der Waals surface area contributed by atoms with Gasteiger partial charge in [0.2, 0.25) is 5.91 Å². The summed E-state index contributed by atoms with van der Waals surface area (Å²) >= 11 is 0. The first kappa shape index (κ1) is 14.9. The molecule has 1 aromatic carbocycles. The van der Waals surface area contributed by atoms with E-state index >= 15 is 0 Å². The van der Waals surface area contributed by atoms with E-state index in [-0.39, 0.29) is 30.0 Å². The highest BCUT2D eigenvalue weighted by Crippen LogP contribution is 2.22. The fourth-order valence-corrected chi connectivity index (χ4v) is 2.67. The van der Waals surface area contributed by atoms with E-state index in [1.54, 1.807) is 11.9 Å². The molecule has 1 aliphatic carbocycles. The zero-order chi connectivity index (χ0) is 14.7. The Morgan fingerprint density at radius 1 is 1.25 bits per heavy atom. The first-order valence-corrected chi connectivity index (χ1v) is 6.93. The summed E-state index contributed by atoms with van der Waals surface area (Å²) in [7, 11) is 1.70. The van der Waals surface area contributed by atoms with Crippen molar-refractivity contribution >= 4 is 5.91 Å². The van der Waals surface area contributed by atoms with Gasteiger partial charge in [0.25, 0.3) is 0 Å². The summed E-state index contributed by atoms with van der Waals surface area (Å²) in [5, 5.41) is 0. The Morgan fingerprint density at radius 3 is 2.35 bits per heavy atom. The molecule has 110 valence electrons. The van der Waals surface area contributed by atoms with Crippen LogP contribution in [0.25, 0.3) is 0 Å². The van der Waals surface area contributed by atoms with Gasteiger partial charge in [-0.25, -0.2) is 8.78 Å². The van der Waals surface area contributed by atoms with Crippen molar-refractivity contribution in [2.75, 3.05) is 7.05 Å². The van der Waals surface area contributed by atoms with Crippen LogP contribution in [0.15, 0.2) is 18.2 Å². The molecule has 1 fully saturated rings. The monoisotopic (exact) mass is 282 g/mol. The van der Waals surface area contributed by atoms with Gasteiger partial charge in [-0.05, 0) is 37.8 Å². The number of halogens is 2. The van der Waals surface area contributed by atoms with Crippen molar-refractivity contribution in [3.8, 4) is 0 Å². The number of carbonyl (C=O) groups is 1. The van der Waals surface area contributed by atoms with Crippen LogP contribution in [0.2, 0.25) is 0 Å². The number of benzene rings is 1. The quantitative estimate of drug-likeness (QED) is 0.924. The van der Waals surface area contributed by atoms with Gasteiger partial charge in [0.05, 0.1) is 6.42 Å². The minimum absolute atomic E-state index is 0.122. The van der Waals surface area contributed by atoms with Crippen molar-refractivity contribution in [1.82, 2.24) is 4.90 Å². The third-order valence-corrected chi connectivity index (χ3v) is 4.07. The number of carbonyl (C=O) groups excluding carboxylic acids is 1. The van der Waals surface area contributed by atoms with Gasteiger partial charge in [0.15, 0.2) is 0 Å². The van der Waals surface area contributed by atoms with Gasteiger partial charge >= 0.3 is 0 Å². The maximum Gasteiger partial charge on any atom is 0.227 e. The lowest BCUT2D eigenvalue weighted by Gasteiger charge is -2.33. The van der Waals surface area contributed by atoms with Crippen LogP contribution in [0.1, 0.15) is 31.2 Å². The van der Waals surface area contributed by atoms with Crippen molar-refractivity contribution < 1.29 is 13.6 Å². The normalized spacial score (nSPS) is 22.6. The topological polar surface area (TPSA) is 46.3 Å². The van der Waals surface area contributed by atoms with E-state index in [0.29, 0.717) is 0 Å². The van der Waals surface area contributed by atoms with Crippen LogP contribution in [0, 0.1) is 11.6 Å². The molecule has 0 heterocycles. The molecule has 20 heavy (non-hydrogen) atoms. The second-order valence-electron chi connectivity index (χ2n) is 5.45. The van der Waals surface area contributed by atoms with E-state index in [1.165, 1.54) is 18.2 Å². The summed E-state index contributed by atoms with van der Waals surface area (Å²) in [6, 6.07) is 3.97. The van der Waals surface area contributed by atoms with Crippen molar-refractivity contribution in [3.63, 3.8) is 0 Å². The average molecular weight is 282 g/mol. The van der Waals surface area contributed by atoms with Gasteiger partial charge in [-0.15, -0.1) is 0 Å². The van der Waals surface area contributed by atoms with Crippen LogP contribution in [0.5, 0.6) is 0 Å². The van der Waals surface area contributed by atoms with E-state index in [2.05, 4.69) is 0 Å². The van der Waals surface area contributed by atoms with Gasteiger partial charge in [-0.2, -0.15) is 0 Å². The molecule has 0 unspecified atom stereocenters. The van der Waals surface area contributed by atoms with Gasteiger partial charge in [-0.1, -0.05) is 6.07 Å². The van der Waals surface area contributed by atoms with Crippen LogP contribution >= 0.6 is 0 Å². The number of hydrogen-bond acceptors (Lipinski definition) is 2. The minimum atomic E-state index is -0.669. The predicted molar refractivity (Wildman–Crippen MR) is 73.1 cm³/mol. The molecule has 0 radical (unpaired) electrons. The highest BCUT2D eigenvalue weighted by molar-refractivity contribution is 5.79. The van der Waals surface area contributed by atoms with Crippen molar-refractivity contribution in [2.45, 2.75) is 44.2 Å². The Labute approximate surface area is 117 Å². The number of hydrogen-bond donors (Lipinski definition) is 1. The molecule has 1 aromatic rings. The maximum absolute atomic E-state index is 13.5. The number of rotatable bonds is 3. The third kappa shape index (κ3) is 3.33.